The Balaban J connectivity index is 1.57. The van der Waals surface area contributed by atoms with E-state index >= 15 is 0 Å². The van der Waals surface area contributed by atoms with Gasteiger partial charge >= 0.3 is 0 Å². The topological polar surface area (TPSA) is 73.3 Å². The third-order valence-electron chi connectivity index (χ3n) is 5.93. The molecule has 1 aliphatic rings. The van der Waals surface area contributed by atoms with E-state index in [4.69, 9.17) is 9.47 Å². The van der Waals surface area contributed by atoms with Crippen molar-refractivity contribution >= 4 is 16.8 Å². The number of hydrogen-bond acceptors (Lipinski definition) is 5. The lowest BCUT2D eigenvalue weighted by Gasteiger charge is -2.39. The molecule has 0 bridgehead atoms. The van der Waals surface area contributed by atoms with E-state index in [0.717, 1.165) is 27.8 Å². The van der Waals surface area contributed by atoms with Crippen molar-refractivity contribution < 1.29 is 14.3 Å². The number of nitrogens with zero attached hydrogens (tertiary/aromatic N) is 2. The summed E-state index contributed by atoms with van der Waals surface area (Å²) in [5.41, 5.74) is 3.29. The standard InChI is InChI=1S/C26H23N3O3/c1-17-5-8-20(9-6-17)26(11-13-32-23-4-3-12-27-24(23)26)29-25(30)19-14-18-7-10-21(31-2)15-22(18)28-16-19/h3-10,12,14-16H,11,13H2,1-2H3,(H,29,30)/t26-/m0/s1. The third kappa shape index (κ3) is 3.43. The highest BCUT2D eigenvalue weighted by Gasteiger charge is 2.42. The molecule has 0 saturated carbocycles. The lowest BCUT2D eigenvalue weighted by Crippen LogP contribution is -2.50. The molecule has 0 spiro atoms. The van der Waals surface area contributed by atoms with Crippen LogP contribution in [-0.4, -0.2) is 29.6 Å². The van der Waals surface area contributed by atoms with E-state index in [9.17, 15) is 4.79 Å². The second kappa shape index (κ2) is 7.96. The van der Waals surface area contributed by atoms with E-state index in [1.165, 1.54) is 0 Å². The van der Waals surface area contributed by atoms with E-state index in [1.54, 1.807) is 19.5 Å². The Morgan fingerprint density at radius 2 is 1.94 bits per heavy atom. The molecule has 1 aliphatic heterocycles. The van der Waals surface area contributed by atoms with Crippen LogP contribution in [0.4, 0.5) is 0 Å². The number of carbonyl (C=O) groups excluding carboxylic acids is 1. The zero-order chi connectivity index (χ0) is 22.1. The molecule has 2 aromatic heterocycles. The molecule has 2 aromatic carbocycles. The number of nitrogens with one attached hydrogen (secondary N) is 1. The predicted molar refractivity (Wildman–Crippen MR) is 122 cm³/mol. The van der Waals surface area contributed by atoms with Crippen LogP contribution in [-0.2, 0) is 5.54 Å². The van der Waals surface area contributed by atoms with Gasteiger partial charge in [0.25, 0.3) is 5.91 Å². The quantitative estimate of drug-likeness (QED) is 0.525. The number of amides is 1. The Bertz CT molecular complexity index is 1300. The Morgan fingerprint density at radius 3 is 2.75 bits per heavy atom. The van der Waals surface area contributed by atoms with Gasteiger partial charge in [-0.05, 0) is 42.8 Å². The van der Waals surface area contributed by atoms with Crippen molar-refractivity contribution in [3.8, 4) is 11.5 Å². The summed E-state index contributed by atoms with van der Waals surface area (Å²) in [4.78, 5) is 22.6. The van der Waals surface area contributed by atoms with Gasteiger partial charge in [-0.1, -0.05) is 29.8 Å². The molecule has 0 saturated heterocycles. The monoisotopic (exact) mass is 425 g/mol. The van der Waals surface area contributed by atoms with Crippen molar-refractivity contribution in [3.63, 3.8) is 0 Å². The fourth-order valence-corrected chi connectivity index (χ4v) is 4.19. The summed E-state index contributed by atoms with van der Waals surface area (Å²) < 4.78 is 11.1. The van der Waals surface area contributed by atoms with Crippen molar-refractivity contribution in [2.24, 2.45) is 0 Å². The molecular weight excluding hydrogens is 402 g/mol. The molecule has 0 unspecified atom stereocenters. The van der Waals surface area contributed by atoms with Crippen molar-refractivity contribution in [3.05, 3.63) is 95.4 Å². The van der Waals surface area contributed by atoms with Crippen LogP contribution < -0.4 is 14.8 Å². The van der Waals surface area contributed by atoms with Crippen molar-refractivity contribution in [2.75, 3.05) is 13.7 Å². The van der Waals surface area contributed by atoms with E-state index < -0.39 is 5.54 Å². The van der Waals surface area contributed by atoms with E-state index in [2.05, 4.69) is 15.3 Å². The SMILES string of the molecule is COc1ccc2cc(C(=O)N[C@]3(c4ccc(C)cc4)CCOc4cccnc43)cnc2c1. The molecule has 160 valence electrons. The molecule has 6 nitrogen and oxygen atoms in total. The number of aryl methyl sites for hydroxylation is 1. The van der Waals surface area contributed by atoms with Crippen LogP contribution in [0.3, 0.4) is 0 Å². The van der Waals surface area contributed by atoms with Crippen LogP contribution in [0, 0.1) is 6.92 Å². The second-order valence-corrected chi connectivity index (χ2v) is 7.96. The van der Waals surface area contributed by atoms with Crippen molar-refractivity contribution in [1.82, 2.24) is 15.3 Å². The number of carbonyl (C=O) groups is 1. The molecule has 32 heavy (non-hydrogen) atoms. The lowest BCUT2D eigenvalue weighted by atomic mass is 9.81. The van der Waals surface area contributed by atoms with Crippen LogP contribution in [0.2, 0.25) is 0 Å². The van der Waals surface area contributed by atoms with Crippen LogP contribution in [0.5, 0.6) is 11.5 Å². The third-order valence-corrected chi connectivity index (χ3v) is 5.93. The number of benzene rings is 2. The zero-order valence-electron chi connectivity index (χ0n) is 18.0. The maximum Gasteiger partial charge on any atom is 0.253 e. The first-order valence-electron chi connectivity index (χ1n) is 10.5. The van der Waals surface area contributed by atoms with Crippen LogP contribution >= 0.6 is 0 Å². The van der Waals surface area contributed by atoms with Crippen molar-refractivity contribution in [1.29, 1.82) is 0 Å². The van der Waals surface area contributed by atoms with E-state index in [1.807, 2.05) is 67.6 Å². The number of fused-ring (bicyclic) bond motifs is 2. The molecule has 0 radical (unpaired) electrons. The summed E-state index contributed by atoms with van der Waals surface area (Å²) in [7, 11) is 1.62. The Kier molecular flexibility index (Phi) is 4.98. The molecule has 6 heteroatoms. The summed E-state index contributed by atoms with van der Waals surface area (Å²) in [6, 6.07) is 19.4. The zero-order valence-corrected chi connectivity index (χ0v) is 18.0. The van der Waals surface area contributed by atoms with Crippen LogP contribution in [0.1, 0.15) is 33.6 Å². The first kappa shape index (κ1) is 20.0. The number of pyridine rings is 2. The fourth-order valence-electron chi connectivity index (χ4n) is 4.19. The molecule has 1 amide bonds. The molecule has 0 fully saturated rings. The van der Waals surface area contributed by atoms with Gasteiger partial charge in [-0.2, -0.15) is 0 Å². The van der Waals surface area contributed by atoms with Gasteiger partial charge in [0.1, 0.15) is 22.7 Å². The number of aromatic nitrogens is 2. The molecule has 0 aliphatic carbocycles. The minimum absolute atomic E-state index is 0.214. The van der Waals surface area contributed by atoms with Gasteiger partial charge in [-0.25, -0.2) is 0 Å². The highest BCUT2D eigenvalue weighted by atomic mass is 16.5. The van der Waals surface area contributed by atoms with Gasteiger partial charge < -0.3 is 14.8 Å². The van der Waals surface area contributed by atoms with Gasteiger partial charge in [0.15, 0.2) is 0 Å². The van der Waals surface area contributed by atoms with E-state index in [0.29, 0.717) is 30.0 Å². The second-order valence-electron chi connectivity index (χ2n) is 7.96. The minimum Gasteiger partial charge on any atom is -0.497 e. The van der Waals surface area contributed by atoms with Gasteiger partial charge in [0.2, 0.25) is 0 Å². The molecule has 5 rings (SSSR count). The lowest BCUT2D eigenvalue weighted by molar-refractivity contribution is 0.0883. The summed E-state index contributed by atoms with van der Waals surface area (Å²) in [6.07, 6.45) is 3.90. The average Bonchev–Trinajstić information content (AvgIpc) is 2.84. The summed E-state index contributed by atoms with van der Waals surface area (Å²) in [6.45, 7) is 2.52. The van der Waals surface area contributed by atoms with Gasteiger partial charge in [-0.3, -0.25) is 14.8 Å². The smallest absolute Gasteiger partial charge is 0.253 e. The van der Waals surface area contributed by atoms with Gasteiger partial charge in [0, 0.05) is 30.3 Å². The fraction of sp³-hybridized carbons (Fsp3) is 0.192. The predicted octanol–water partition coefficient (Wildman–Crippen LogP) is 4.40. The Morgan fingerprint density at radius 1 is 1.09 bits per heavy atom. The van der Waals surface area contributed by atoms with E-state index in [-0.39, 0.29) is 5.91 Å². The highest BCUT2D eigenvalue weighted by Crippen LogP contribution is 2.40. The van der Waals surface area contributed by atoms with Crippen LogP contribution in [0.25, 0.3) is 10.9 Å². The molecule has 3 heterocycles. The normalized spacial score (nSPS) is 17.3. The number of rotatable bonds is 4. The van der Waals surface area contributed by atoms with Crippen LogP contribution in [0.15, 0.2) is 73.1 Å². The highest BCUT2D eigenvalue weighted by molar-refractivity contribution is 5.98. The first-order chi connectivity index (χ1) is 15.6. The molecule has 4 aromatic rings. The average molecular weight is 425 g/mol. The first-order valence-corrected chi connectivity index (χ1v) is 10.5. The number of ether oxygens (including phenoxy) is 2. The van der Waals surface area contributed by atoms with Gasteiger partial charge in [0.05, 0.1) is 24.8 Å². The molecule has 1 N–H and O–H groups in total. The molecular formula is C26H23N3O3. The maximum atomic E-state index is 13.5. The Hall–Kier alpha value is -3.93. The summed E-state index contributed by atoms with van der Waals surface area (Å²) >= 11 is 0. The maximum absolute atomic E-state index is 13.5. The van der Waals surface area contributed by atoms with Gasteiger partial charge in [-0.15, -0.1) is 0 Å². The Labute approximate surface area is 186 Å². The summed E-state index contributed by atoms with van der Waals surface area (Å²) in [5.74, 6) is 1.20. The minimum atomic E-state index is -0.797. The number of methoxy groups -OCH3 is 1. The largest absolute Gasteiger partial charge is 0.497 e. The summed E-state index contributed by atoms with van der Waals surface area (Å²) in [5, 5.41) is 4.15. The van der Waals surface area contributed by atoms with Crippen molar-refractivity contribution in [2.45, 2.75) is 18.9 Å². The number of hydrogen-bond donors (Lipinski definition) is 1. The molecule has 1 atom stereocenters.